The summed E-state index contributed by atoms with van der Waals surface area (Å²) >= 11 is 0. The third-order valence-corrected chi connectivity index (χ3v) is 4.54. The van der Waals surface area contributed by atoms with Crippen molar-refractivity contribution in [2.24, 2.45) is 7.05 Å². The molecule has 3 rings (SSSR count). The van der Waals surface area contributed by atoms with Crippen LogP contribution >= 0.6 is 0 Å². The van der Waals surface area contributed by atoms with Gasteiger partial charge in [0, 0.05) is 31.9 Å². The second-order valence-corrected chi connectivity index (χ2v) is 6.30. The molecule has 0 aliphatic heterocycles. The van der Waals surface area contributed by atoms with E-state index in [-0.39, 0.29) is 6.03 Å². The van der Waals surface area contributed by atoms with Gasteiger partial charge >= 0.3 is 6.03 Å². The normalized spacial score (nSPS) is 10.6. The number of carbonyl (C=O) groups excluding carboxylic acids is 1. The monoisotopic (exact) mass is 363 g/mol. The minimum Gasteiger partial charge on any atom is -0.348 e. The fourth-order valence-electron chi connectivity index (χ4n) is 3.00. The number of benzene rings is 2. The van der Waals surface area contributed by atoms with Gasteiger partial charge in [-0.15, -0.1) is 0 Å². The molecule has 5 heteroatoms. The number of hydrogen-bond acceptors (Lipinski definition) is 2. The molecule has 1 aromatic heterocycles. The summed E-state index contributed by atoms with van der Waals surface area (Å²) in [6.07, 6.45) is 0.700. The van der Waals surface area contributed by atoms with Crippen LogP contribution in [0, 0.1) is 0 Å². The van der Waals surface area contributed by atoms with Gasteiger partial charge in [0.15, 0.2) is 0 Å². The van der Waals surface area contributed by atoms with Crippen molar-refractivity contribution < 1.29 is 9.63 Å². The predicted octanol–water partition coefficient (Wildman–Crippen LogP) is 4.01. The Bertz CT molecular complexity index is 860. The van der Waals surface area contributed by atoms with Gasteiger partial charge in [0.25, 0.3) is 0 Å². The zero-order chi connectivity index (χ0) is 19.1. The van der Waals surface area contributed by atoms with E-state index in [1.807, 2.05) is 55.6 Å². The fraction of sp³-hybridized carbons (Fsp3) is 0.227. The van der Waals surface area contributed by atoms with E-state index in [9.17, 15) is 4.79 Å². The molecule has 0 saturated carbocycles. The molecular formula is C22H25N3O2. The van der Waals surface area contributed by atoms with Crippen LogP contribution in [0.4, 0.5) is 4.79 Å². The Hall–Kier alpha value is -3.05. The van der Waals surface area contributed by atoms with Gasteiger partial charge < -0.3 is 9.88 Å². The lowest BCUT2D eigenvalue weighted by molar-refractivity contribution is -0.127. The first-order valence-corrected chi connectivity index (χ1v) is 9.05. The van der Waals surface area contributed by atoms with Crippen LogP contribution in [0.3, 0.4) is 0 Å². The minimum atomic E-state index is -0.247. The van der Waals surface area contributed by atoms with E-state index in [0.29, 0.717) is 19.6 Å². The number of carbonyl (C=O) groups is 1. The number of amides is 2. The zero-order valence-corrected chi connectivity index (χ0v) is 15.8. The number of nitrogens with one attached hydrogen (secondary N) is 1. The van der Waals surface area contributed by atoms with Crippen molar-refractivity contribution >= 4 is 6.03 Å². The third-order valence-electron chi connectivity index (χ3n) is 4.54. The van der Waals surface area contributed by atoms with E-state index in [0.717, 1.165) is 17.0 Å². The summed E-state index contributed by atoms with van der Waals surface area (Å²) in [7, 11) is 3.66. The maximum absolute atomic E-state index is 12.1. The highest BCUT2D eigenvalue weighted by Crippen LogP contribution is 2.21. The first-order chi connectivity index (χ1) is 13.2. The Morgan fingerprint density at radius 2 is 1.67 bits per heavy atom. The Morgan fingerprint density at radius 1 is 1.00 bits per heavy atom. The molecule has 2 amide bonds. The van der Waals surface area contributed by atoms with Gasteiger partial charge in [0.1, 0.15) is 6.61 Å². The van der Waals surface area contributed by atoms with Crippen molar-refractivity contribution in [2.75, 3.05) is 13.6 Å². The van der Waals surface area contributed by atoms with Gasteiger partial charge in [0.2, 0.25) is 0 Å². The second kappa shape index (κ2) is 9.05. The molecule has 0 aliphatic rings. The van der Waals surface area contributed by atoms with E-state index < -0.39 is 0 Å². The standard InChI is InChI=1S/C22H25N3O2/c1-23-22(26)25(27-17-18-9-5-3-6-10-18)16-15-20-13-14-21(24(20)2)19-11-7-4-8-12-19/h3-14H,15-17H2,1-2H3,(H,23,26). The maximum Gasteiger partial charge on any atom is 0.341 e. The largest absolute Gasteiger partial charge is 0.348 e. The second-order valence-electron chi connectivity index (χ2n) is 6.30. The molecule has 140 valence electrons. The van der Waals surface area contributed by atoms with Gasteiger partial charge in [-0.25, -0.2) is 9.86 Å². The molecule has 0 atom stereocenters. The van der Waals surface area contributed by atoms with Crippen LogP contribution in [0.15, 0.2) is 72.8 Å². The van der Waals surface area contributed by atoms with Crippen LogP contribution in [-0.4, -0.2) is 29.3 Å². The van der Waals surface area contributed by atoms with Crippen molar-refractivity contribution in [3.8, 4) is 11.3 Å². The van der Waals surface area contributed by atoms with Gasteiger partial charge in [-0.05, 0) is 23.3 Å². The van der Waals surface area contributed by atoms with Crippen molar-refractivity contribution in [1.82, 2.24) is 14.9 Å². The topological polar surface area (TPSA) is 46.5 Å². The van der Waals surface area contributed by atoms with E-state index in [1.54, 1.807) is 7.05 Å². The van der Waals surface area contributed by atoms with E-state index in [1.165, 1.54) is 10.6 Å². The summed E-state index contributed by atoms with van der Waals surface area (Å²) in [4.78, 5) is 17.9. The average Bonchev–Trinajstić information content (AvgIpc) is 3.09. The number of rotatable bonds is 7. The number of hydrogen-bond donors (Lipinski definition) is 1. The molecule has 0 fully saturated rings. The maximum atomic E-state index is 12.1. The Balaban J connectivity index is 1.65. The molecule has 1 heterocycles. The van der Waals surface area contributed by atoms with E-state index in [4.69, 9.17) is 4.84 Å². The smallest absolute Gasteiger partial charge is 0.341 e. The number of nitrogens with zero attached hydrogens (tertiary/aromatic N) is 2. The van der Waals surface area contributed by atoms with Crippen LogP contribution < -0.4 is 5.32 Å². The van der Waals surface area contributed by atoms with Crippen molar-refractivity contribution in [3.63, 3.8) is 0 Å². The summed E-state index contributed by atoms with van der Waals surface area (Å²) in [6.45, 7) is 0.829. The molecule has 1 N–H and O–H groups in total. The lowest BCUT2D eigenvalue weighted by Gasteiger charge is -2.21. The molecule has 2 aromatic carbocycles. The quantitative estimate of drug-likeness (QED) is 0.645. The molecule has 0 saturated heterocycles. The van der Waals surface area contributed by atoms with Crippen LogP contribution in [0.25, 0.3) is 11.3 Å². The molecule has 0 bridgehead atoms. The highest BCUT2D eigenvalue weighted by Gasteiger charge is 2.15. The van der Waals surface area contributed by atoms with Crippen LogP contribution in [0.1, 0.15) is 11.3 Å². The van der Waals surface area contributed by atoms with Gasteiger partial charge in [-0.3, -0.25) is 4.84 Å². The number of hydroxylamine groups is 2. The summed E-state index contributed by atoms with van der Waals surface area (Å²) in [6, 6.07) is 24.1. The van der Waals surface area contributed by atoms with Crippen molar-refractivity contribution in [3.05, 3.63) is 84.1 Å². The summed E-state index contributed by atoms with van der Waals surface area (Å²) in [5, 5.41) is 4.03. The lowest BCUT2D eigenvalue weighted by atomic mass is 10.2. The van der Waals surface area contributed by atoms with Crippen molar-refractivity contribution in [2.45, 2.75) is 13.0 Å². The van der Waals surface area contributed by atoms with E-state index in [2.05, 4.69) is 34.1 Å². The summed E-state index contributed by atoms with van der Waals surface area (Å²) in [5.74, 6) is 0. The van der Waals surface area contributed by atoms with Gasteiger partial charge in [0.05, 0.1) is 6.54 Å². The Labute approximate surface area is 160 Å². The molecule has 0 aliphatic carbocycles. The highest BCUT2D eigenvalue weighted by molar-refractivity contribution is 5.72. The fourth-order valence-corrected chi connectivity index (χ4v) is 3.00. The molecular weight excluding hydrogens is 338 g/mol. The number of urea groups is 1. The molecule has 0 radical (unpaired) electrons. The Morgan fingerprint density at radius 3 is 2.33 bits per heavy atom. The van der Waals surface area contributed by atoms with Crippen LogP contribution in [0.2, 0.25) is 0 Å². The molecule has 0 spiro atoms. The molecule has 27 heavy (non-hydrogen) atoms. The molecule has 5 nitrogen and oxygen atoms in total. The third kappa shape index (κ3) is 4.77. The van der Waals surface area contributed by atoms with E-state index >= 15 is 0 Å². The first kappa shape index (κ1) is 18.7. The molecule has 0 unspecified atom stereocenters. The minimum absolute atomic E-state index is 0.247. The average molecular weight is 363 g/mol. The summed E-state index contributed by atoms with van der Waals surface area (Å²) in [5.41, 5.74) is 4.50. The Kier molecular flexibility index (Phi) is 6.28. The lowest BCUT2D eigenvalue weighted by Crippen LogP contribution is -2.39. The van der Waals surface area contributed by atoms with Crippen LogP contribution in [-0.2, 0) is 24.9 Å². The predicted molar refractivity (Wildman–Crippen MR) is 107 cm³/mol. The molecule has 3 aromatic rings. The van der Waals surface area contributed by atoms with Gasteiger partial charge in [-0.2, -0.15) is 0 Å². The van der Waals surface area contributed by atoms with Gasteiger partial charge in [-0.1, -0.05) is 60.7 Å². The highest BCUT2D eigenvalue weighted by atomic mass is 16.7. The number of aromatic nitrogens is 1. The first-order valence-electron chi connectivity index (χ1n) is 9.05. The summed E-state index contributed by atoms with van der Waals surface area (Å²) < 4.78 is 2.16. The zero-order valence-electron chi connectivity index (χ0n) is 15.8. The SMILES string of the molecule is CNC(=O)N(CCc1ccc(-c2ccccc2)n1C)OCc1ccccc1. The van der Waals surface area contributed by atoms with Crippen molar-refractivity contribution in [1.29, 1.82) is 0 Å². The van der Waals surface area contributed by atoms with Crippen LogP contribution in [0.5, 0.6) is 0 Å².